The Kier molecular flexibility index (Phi) is 14.9. The molecule has 2 amide bonds. The highest BCUT2D eigenvalue weighted by molar-refractivity contribution is 5.91. The summed E-state index contributed by atoms with van der Waals surface area (Å²) in [6.45, 7) is 0.895. The Morgan fingerprint density at radius 3 is 1.47 bits per heavy atom. The maximum absolute atomic E-state index is 12.8. The van der Waals surface area contributed by atoms with Crippen molar-refractivity contribution in [3.05, 3.63) is 0 Å². The van der Waals surface area contributed by atoms with Crippen molar-refractivity contribution < 1.29 is 19.5 Å². The molecule has 0 rings (SSSR count). The first-order valence-electron chi connectivity index (χ1n) is 10.8. The number of carbonyl (C=O) groups excluding carboxylic acids is 2. The maximum Gasteiger partial charge on any atom is 0.326 e. The topological polar surface area (TPSA) is 307 Å². The monoisotopic (exact) mass is 486 g/mol. The summed E-state index contributed by atoms with van der Waals surface area (Å²) >= 11 is 0. The third-order valence-electron chi connectivity index (χ3n) is 4.56. The van der Waals surface area contributed by atoms with Crippen molar-refractivity contribution >= 4 is 35.7 Å². The lowest BCUT2D eigenvalue weighted by Crippen LogP contribution is -2.54. The van der Waals surface area contributed by atoms with Gasteiger partial charge in [-0.2, -0.15) is 0 Å². The number of nitrogens with one attached hydrogen (secondary N) is 8. The average molecular weight is 487 g/mol. The molecule has 0 aromatic carbocycles. The van der Waals surface area contributed by atoms with Gasteiger partial charge >= 0.3 is 5.97 Å². The molecule has 0 fully saturated rings. The van der Waals surface area contributed by atoms with E-state index >= 15 is 0 Å². The number of hydrogen-bond acceptors (Lipinski definition) is 7. The second-order valence-corrected chi connectivity index (χ2v) is 7.52. The van der Waals surface area contributed by atoms with Crippen LogP contribution in [0.3, 0.4) is 0 Å². The van der Waals surface area contributed by atoms with Gasteiger partial charge in [-0.15, -0.1) is 0 Å². The fraction of sp³-hybridized carbons (Fsp3) is 0.667. The van der Waals surface area contributed by atoms with Crippen LogP contribution in [0.5, 0.6) is 0 Å². The lowest BCUT2D eigenvalue weighted by atomic mass is 10.1. The Bertz CT molecular complexity index is 717. The SMILES string of the molecule is N=C(N)NCCC[C@@H](N)C(=O)N[C@H](CCCNC(=N)N)C(=O)N[C@H](CCCNC(=N)N)C(=O)O. The first-order chi connectivity index (χ1) is 15.9. The highest BCUT2D eigenvalue weighted by atomic mass is 16.4. The van der Waals surface area contributed by atoms with Crippen molar-refractivity contribution in [3.8, 4) is 0 Å². The van der Waals surface area contributed by atoms with Crippen LogP contribution >= 0.6 is 0 Å². The molecule has 0 aromatic heterocycles. The van der Waals surface area contributed by atoms with E-state index in [2.05, 4.69) is 26.6 Å². The molecule has 0 aromatic rings. The number of hydrogen-bond donors (Lipinski definition) is 13. The van der Waals surface area contributed by atoms with E-state index < -0.39 is 35.9 Å². The minimum atomic E-state index is -1.24. The molecule has 34 heavy (non-hydrogen) atoms. The van der Waals surface area contributed by atoms with Crippen molar-refractivity contribution in [2.75, 3.05) is 19.6 Å². The van der Waals surface area contributed by atoms with Crippen LogP contribution in [0.25, 0.3) is 0 Å². The van der Waals surface area contributed by atoms with Crippen LogP contribution in [0.15, 0.2) is 0 Å². The molecule has 0 unspecified atom stereocenters. The van der Waals surface area contributed by atoms with Crippen molar-refractivity contribution in [1.82, 2.24) is 26.6 Å². The molecule has 0 aliphatic heterocycles. The summed E-state index contributed by atoms with van der Waals surface area (Å²) in [7, 11) is 0. The van der Waals surface area contributed by atoms with Gasteiger partial charge in [0.1, 0.15) is 12.1 Å². The molecule has 3 atom stereocenters. The third kappa shape index (κ3) is 15.1. The van der Waals surface area contributed by atoms with Gasteiger partial charge in [-0.3, -0.25) is 25.8 Å². The number of carboxylic acids is 1. The van der Waals surface area contributed by atoms with E-state index in [-0.39, 0.29) is 50.2 Å². The number of aliphatic carboxylic acids is 1. The van der Waals surface area contributed by atoms with E-state index in [0.717, 1.165) is 0 Å². The number of carbonyl (C=O) groups is 3. The zero-order valence-electron chi connectivity index (χ0n) is 19.1. The molecule has 0 radical (unpaired) electrons. The summed E-state index contributed by atoms with van der Waals surface area (Å²) in [5, 5.41) is 43.5. The van der Waals surface area contributed by atoms with Crippen LogP contribution in [0, 0.1) is 16.2 Å². The van der Waals surface area contributed by atoms with Gasteiger partial charge in [-0.05, 0) is 38.5 Å². The average Bonchev–Trinajstić information content (AvgIpc) is 2.74. The minimum absolute atomic E-state index is 0.0799. The minimum Gasteiger partial charge on any atom is -0.480 e. The van der Waals surface area contributed by atoms with E-state index in [9.17, 15) is 19.5 Å². The summed E-state index contributed by atoms with van der Waals surface area (Å²) in [4.78, 5) is 36.8. The van der Waals surface area contributed by atoms with Gasteiger partial charge in [0.15, 0.2) is 17.9 Å². The Morgan fingerprint density at radius 1 is 0.676 bits per heavy atom. The van der Waals surface area contributed by atoms with Gasteiger partial charge in [0.2, 0.25) is 11.8 Å². The van der Waals surface area contributed by atoms with E-state index in [1.54, 1.807) is 0 Å². The quantitative estimate of drug-likeness (QED) is 0.0536. The van der Waals surface area contributed by atoms with Gasteiger partial charge in [-0.1, -0.05) is 0 Å². The lowest BCUT2D eigenvalue weighted by Gasteiger charge is -2.23. The fourth-order valence-electron chi connectivity index (χ4n) is 2.81. The largest absolute Gasteiger partial charge is 0.480 e. The van der Waals surface area contributed by atoms with E-state index in [0.29, 0.717) is 25.8 Å². The van der Waals surface area contributed by atoms with Crippen molar-refractivity contribution in [2.45, 2.75) is 56.7 Å². The highest BCUT2D eigenvalue weighted by Crippen LogP contribution is 2.04. The van der Waals surface area contributed by atoms with Crippen LogP contribution in [-0.2, 0) is 14.4 Å². The second kappa shape index (κ2) is 16.8. The van der Waals surface area contributed by atoms with Gasteiger partial charge in [0, 0.05) is 19.6 Å². The first-order valence-corrected chi connectivity index (χ1v) is 10.8. The van der Waals surface area contributed by atoms with Crippen LogP contribution in [0.1, 0.15) is 38.5 Å². The first kappa shape index (κ1) is 30.2. The molecule has 0 spiro atoms. The smallest absolute Gasteiger partial charge is 0.326 e. The maximum atomic E-state index is 12.8. The molecule has 16 nitrogen and oxygen atoms in total. The normalized spacial score (nSPS) is 13.0. The zero-order chi connectivity index (χ0) is 26.1. The number of guanidine groups is 3. The van der Waals surface area contributed by atoms with Crippen molar-refractivity contribution in [3.63, 3.8) is 0 Å². The van der Waals surface area contributed by atoms with Crippen molar-refractivity contribution in [1.29, 1.82) is 16.2 Å². The Balaban J connectivity index is 5.00. The van der Waals surface area contributed by atoms with E-state index in [1.807, 2.05) is 0 Å². The molecule has 16 heteroatoms. The molecule has 0 saturated heterocycles. The highest BCUT2D eigenvalue weighted by Gasteiger charge is 2.27. The van der Waals surface area contributed by atoms with Gasteiger partial charge in [0.25, 0.3) is 0 Å². The number of rotatable bonds is 17. The molecule has 194 valence electrons. The van der Waals surface area contributed by atoms with Gasteiger partial charge < -0.3 is 54.6 Å². The molecule has 0 saturated carbocycles. The van der Waals surface area contributed by atoms with Crippen LogP contribution in [0.4, 0.5) is 0 Å². The van der Waals surface area contributed by atoms with Gasteiger partial charge in [-0.25, -0.2) is 4.79 Å². The van der Waals surface area contributed by atoms with E-state index in [4.69, 9.17) is 39.2 Å². The number of amides is 2. The number of carboxylic acid groups (broad SMARTS) is 1. The van der Waals surface area contributed by atoms with E-state index in [1.165, 1.54) is 0 Å². The van der Waals surface area contributed by atoms with Crippen molar-refractivity contribution in [2.24, 2.45) is 22.9 Å². The molecule has 0 aliphatic carbocycles. The molecule has 0 bridgehead atoms. The summed E-state index contributed by atoms with van der Waals surface area (Å²) in [6.07, 6.45) is 1.65. The molecular weight excluding hydrogens is 448 g/mol. The fourth-order valence-corrected chi connectivity index (χ4v) is 2.81. The predicted octanol–water partition coefficient (Wildman–Crippen LogP) is -3.84. The third-order valence-corrected chi connectivity index (χ3v) is 4.56. The van der Waals surface area contributed by atoms with Crippen LogP contribution in [-0.4, -0.2) is 78.5 Å². The zero-order valence-corrected chi connectivity index (χ0v) is 19.1. The Hall–Kier alpha value is -3.82. The summed E-state index contributed by atoms with van der Waals surface area (Å²) < 4.78 is 0. The summed E-state index contributed by atoms with van der Waals surface area (Å²) in [5.74, 6) is -3.19. The Labute approximate surface area is 197 Å². The predicted molar refractivity (Wildman–Crippen MR) is 127 cm³/mol. The molecule has 0 heterocycles. The molecule has 17 N–H and O–H groups in total. The Morgan fingerprint density at radius 2 is 1.06 bits per heavy atom. The molecule has 0 aliphatic rings. The summed E-state index contributed by atoms with van der Waals surface area (Å²) in [5.41, 5.74) is 21.5. The standard InChI is InChI=1S/C18H38N12O4/c19-10(4-1-7-26-16(20)21)13(31)29-11(5-2-8-27-17(22)23)14(32)30-12(15(33)34)6-3-9-28-18(24)25/h10-12H,1-9,19H2,(H,29,31)(H,30,32)(H,33,34)(H4,20,21,26)(H4,22,23,27)(H4,24,25,28)/t10-,11-,12-/m1/s1. The van der Waals surface area contributed by atoms with Crippen LogP contribution in [0.2, 0.25) is 0 Å². The van der Waals surface area contributed by atoms with Crippen LogP contribution < -0.4 is 49.5 Å². The second-order valence-electron chi connectivity index (χ2n) is 7.52. The summed E-state index contributed by atoms with van der Waals surface area (Å²) in [6, 6.07) is -3.19. The molecular formula is C18H38N12O4. The van der Waals surface area contributed by atoms with Gasteiger partial charge in [0.05, 0.1) is 6.04 Å². The lowest BCUT2D eigenvalue weighted by molar-refractivity contribution is -0.142. The number of nitrogens with two attached hydrogens (primary N) is 4.